The maximum Gasteiger partial charge on any atom is 0.407 e. The number of methoxy groups -OCH3 is 1. The van der Waals surface area contributed by atoms with E-state index >= 15 is 0 Å². The molecule has 0 fully saturated rings. The number of amides is 1. The van der Waals surface area contributed by atoms with Crippen molar-refractivity contribution < 1.29 is 14.3 Å². The predicted molar refractivity (Wildman–Crippen MR) is 93.2 cm³/mol. The van der Waals surface area contributed by atoms with Crippen molar-refractivity contribution in [1.82, 2.24) is 5.32 Å². The van der Waals surface area contributed by atoms with E-state index in [2.05, 4.69) is 35.5 Å². The van der Waals surface area contributed by atoms with E-state index in [-0.39, 0.29) is 0 Å². The Morgan fingerprint density at radius 3 is 2.74 bits per heavy atom. The molecule has 23 heavy (non-hydrogen) atoms. The highest BCUT2D eigenvalue weighted by atomic mass is 16.6. The highest BCUT2D eigenvalue weighted by Gasteiger charge is 2.18. The normalized spacial score (nSPS) is 13.5. The standard InChI is InChI=1S/C18H26N2O3/c1-18(2,3)23-17(21)19-11-10-14-13-7-6-12-20(4)15(13)8-9-16(14)22-5/h6-9H,10-12H2,1-5H3,(H,19,21). The van der Waals surface area contributed by atoms with Crippen LogP contribution in [0.3, 0.4) is 0 Å². The smallest absolute Gasteiger partial charge is 0.407 e. The minimum atomic E-state index is -0.487. The second-order valence-corrected chi connectivity index (χ2v) is 6.64. The maximum atomic E-state index is 11.8. The van der Waals surface area contributed by atoms with Gasteiger partial charge in [0.1, 0.15) is 11.4 Å². The van der Waals surface area contributed by atoms with Crippen LogP contribution in [0.25, 0.3) is 6.08 Å². The zero-order valence-electron chi connectivity index (χ0n) is 14.6. The number of fused-ring (bicyclic) bond motifs is 1. The lowest BCUT2D eigenvalue weighted by Crippen LogP contribution is -2.33. The molecule has 0 spiro atoms. The molecule has 5 nitrogen and oxygen atoms in total. The van der Waals surface area contributed by atoms with E-state index in [0.29, 0.717) is 13.0 Å². The van der Waals surface area contributed by atoms with Gasteiger partial charge in [0, 0.05) is 37.0 Å². The summed E-state index contributed by atoms with van der Waals surface area (Å²) in [6, 6.07) is 4.06. The van der Waals surface area contributed by atoms with Gasteiger partial charge in [-0.3, -0.25) is 0 Å². The van der Waals surface area contributed by atoms with Gasteiger partial charge in [0.05, 0.1) is 7.11 Å². The van der Waals surface area contributed by atoms with Gasteiger partial charge in [-0.1, -0.05) is 12.2 Å². The van der Waals surface area contributed by atoms with Crippen LogP contribution in [0.4, 0.5) is 10.5 Å². The van der Waals surface area contributed by atoms with Crippen molar-refractivity contribution >= 4 is 17.9 Å². The number of rotatable bonds is 4. The van der Waals surface area contributed by atoms with Gasteiger partial charge >= 0.3 is 6.09 Å². The third-order valence-corrected chi connectivity index (χ3v) is 3.63. The molecule has 2 rings (SSSR count). The van der Waals surface area contributed by atoms with Crippen molar-refractivity contribution in [3.63, 3.8) is 0 Å². The molecule has 1 aromatic rings. The first kappa shape index (κ1) is 17.2. The van der Waals surface area contributed by atoms with Crippen LogP contribution in [-0.2, 0) is 11.2 Å². The summed E-state index contributed by atoms with van der Waals surface area (Å²) < 4.78 is 10.7. The lowest BCUT2D eigenvalue weighted by molar-refractivity contribution is 0.0528. The van der Waals surface area contributed by atoms with E-state index in [1.165, 1.54) is 5.69 Å². The van der Waals surface area contributed by atoms with Crippen LogP contribution in [-0.4, -0.2) is 38.9 Å². The van der Waals surface area contributed by atoms with Crippen molar-refractivity contribution in [3.8, 4) is 5.75 Å². The van der Waals surface area contributed by atoms with Gasteiger partial charge in [0.2, 0.25) is 0 Å². The molecule has 0 aliphatic carbocycles. The van der Waals surface area contributed by atoms with Crippen LogP contribution in [0.2, 0.25) is 0 Å². The van der Waals surface area contributed by atoms with Crippen LogP contribution in [0.1, 0.15) is 31.9 Å². The molecule has 0 saturated carbocycles. The monoisotopic (exact) mass is 318 g/mol. The summed E-state index contributed by atoms with van der Waals surface area (Å²) in [6.07, 6.45) is 4.55. The fourth-order valence-corrected chi connectivity index (χ4v) is 2.63. The van der Waals surface area contributed by atoms with Crippen LogP contribution in [0.15, 0.2) is 18.2 Å². The number of carbonyl (C=O) groups excluding carboxylic acids is 1. The number of alkyl carbamates (subject to hydrolysis) is 1. The summed E-state index contributed by atoms with van der Waals surface area (Å²) in [5, 5.41) is 2.80. The predicted octanol–water partition coefficient (Wildman–Crippen LogP) is 3.23. The lowest BCUT2D eigenvalue weighted by Gasteiger charge is -2.26. The number of hydrogen-bond donors (Lipinski definition) is 1. The van der Waals surface area contributed by atoms with E-state index < -0.39 is 11.7 Å². The number of anilines is 1. The molecule has 0 radical (unpaired) electrons. The Morgan fingerprint density at radius 1 is 1.35 bits per heavy atom. The minimum absolute atomic E-state index is 0.395. The summed E-state index contributed by atoms with van der Waals surface area (Å²) in [6.45, 7) is 6.95. The summed E-state index contributed by atoms with van der Waals surface area (Å²) in [5.74, 6) is 0.842. The van der Waals surface area contributed by atoms with Gasteiger partial charge in [0.15, 0.2) is 0 Å². The molecule has 0 saturated heterocycles. The Bertz CT molecular complexity index is 603. The third kappa shape index (κ3) is 4.41. The SMILES string of the molecule is COc1ccc2c(c1CCNC(=O)OC(C)(C)C)C=CCN2C. The topological polar surface area (TPSA) is 50.8 Å². The first-order chi connectivity index (χ1) is 10.8. The number of carbonyl (C=O) groups is 1. The Hall–Kier alpha value is -2.17. The molecule has 0 aromatic heterocycles. The van der Waals surface area contributed by atoms with Crippen LogP contribution in [0, 0.1) is 0 Å². The van der Waals surface area contributed by atoms with Gasteiger partial charge in [-0.2, -0.15) is 0 Å². The van der Waals surface area contributed by atoms with E-state index in [4.69, 9.17) is 9.47 Å². The number of nitrogens with one attached hydrogen (secondary N) is 1. The van der Waals surface area contributed by atoms with Crippen molar-refractivity contribution in [2.24, 2.45) is 0 Å². The van der Waals surface area contributed by atoms with E-state index in [1.54, 1.807) is 7.11 Å². The summed E-state index contributed by atoms with van der Waals surface area (Å²) >= 11 is 0. The Balaban J connectivity index is 2.09. The van der Waals surface area contributed by atoms with E-state index in [9.17, 15) is 4.79 Å². The second kappa shape index (κ2) is 6.94. The average molecular weight is 318 g/mol. The van der Waals surface area contributed by atoms with Crippen LogP contribution in [0.5, 0.6) is 5.75 Å². The highest BCUT2D eigenvalue weighted by Crippen LogP contribution is 2.34. The van der Waals surface area contributed by atoms with E-state index in [0.717, 1.165) is 23.4 Å². The van der Waals surface area contributed by atoms with Crippen molar-refractivity contribution in [2.75, 3.05) is 32.1 Å². The summed E-state index contributed by atoms with van der Waals surface area (Å²) in [4.78, 5) is 14.0. The third-order valence-electron chi connectivity index (χ3n) is 3.63. The molecule has 126 valence electrons. The molecule has 5 heteroatoms. The molecule has 1 heterocycles. The summed E-state index contributed by atoms with van der Waals surface area (Å²) in [5.41, 5.74) is 2.95. The Morgan fingerprint density at radius 2 is 2.09 bits per heavy atom. The lowest BCUT2D eigenvalue weighted by atomic mass is 9.98. The fraction of sp³-hybridized carbons (Fsp3) is 0.500. The zero-order valence-corrected chi connectivity index (χ0v) is 14.6. The quantitative estimate of drug-likeness (QED) is 0.926. The first-order valence-corrected chi connectivity index (χ1v) is 7.86. The zero-order chi connectivity index (χ0) is 17.0. The Labute approximate surface area is 138 Å². The molecule has 0 unspecified atom stereocenters. The molecule has 1 aromatic carbocycles. The number of hydrogen-bond acceptors (Lipinski definition) is 4. The van der Waals surface area contributed by atoms with E-state index in [1.807, 2.05) is 26.8 Å². The van der Waals surface area contributed by atoms with Crippen molar-refractivity contribution in [2.45, 2.75) is 32.8 Å². The van der Waals surface area contributed by atoms with Crippen molar-refractivity contribution in [1.29, 1.82) is 0 Å². The molecular formula is C18H26N2O3. The number of nitrogens with zero attached hydrogens (tertiary/aromatic N) is 1. The maximum absolute atomic E-state index is 11.8. The highest BCUT2D eigenvalue weighted by molar-refractivity contribution is 5.76. The van der Waals surface area contributed by atoms with Gasteiger partial charge in [-0.05, 0) is 39.3 Å². The fourth-order valence-electron chi connectivity index (χ4n) is 2.63. The molecule has 1 amide bonds. The van der Waals surface area contributed by atoms with Crippen LogP contribution < -0.4 is 15.0 Å². The first-order valence-electron chi connectivity index (χ1n) is 7.86. The molecule has 1 aliphatic heterocycles. The molecule has 1 aliphatic rings. The van der Waals surface area contributed by atoms with Gasteiger partial charge in [-0.15, -0.1) is 0 Å². The minimum Gasteiger partial charge on any atom is -0.496 e. The molecular weight excluding hydrogens is 292 g/mol. The van der Waals surface area contributed by atoms with Gasteiger partial charge in [-0.25, -0.2) is 4.79 Å². The van der Waals surface area contributed by atoms with Gasteiger partial charge < -0.3 is 19.7 Å². The number of benzene rings is 1. The van der Waals surface area contributed by atoms with Gasteiger partial charge in [0.25, 0.3) is 0 Å². The van der Waals surface area contributed by atoms with Crippen molar-refractivity contribution in [3.05, 3.63) is 29.3 Å². The molecule has 0 bridgehead atoms. The Kier molecular flexibility index (Phi) is 5.19. The number of ether oxygens (including phenoxy) is 2. The molecule has 0 atom stereocenters. The average Bonchev–Trinajstić information content (AvgIpc) is 2.46. The summed E-state index contributed by atoms with van der Waals surface area (Å²) in [7, 11) is 3.74. The van der Waals surface area contributed by atoms with Crippen LogP contribution >= 0.6 is 0 Å². The number of likely N-dealkylation sites (N-methyl/N-ethyl adjacent to an activating group) is 1. The largest absolute Gasteiger partial charge is 0.496 e. The second-order valence-electron chi connectivity index (χ2n) is 6.64. The molecule has 1 N–H and O–H groups in total.